The minimum absolute atomic E-state index is 0.0959. The van der Waals surface area contributed by atoms with Gasteiger partial charge in [0.05, 0.1) is 16.1 Å². The molecule has 3 N–H and O–H groups in total. The van der Waals surface area contributed by atoms with Gasteiger partial charge in [0.1, 0.15) is 5.41 Å². The van der Waals surface area contributed by atoms with E-state index in [1.54, 1.807) is 12.1 Å². The molecule has 0 saturated heterocycles. The predicted octanol–water partition coefficient (Wildman–Crippen LogP) is 3.91. The minimum atomic E-state index is -1.41. The molecule has 2 unspecified atom stereocenters. The van der Waals surface area contributed by atoms with Crippen LogP contribution in [0.1, 0.15) is 24.2 Å². The van der Waals surface area contributed by atoms with Crippen LogP contribution >= 0.6 is 23.2 Å². The van der Waals surface area contributed by atoms with Crippen molar-refractivity contribution in [3.63, 3.8) is 0 Å². The SMILES string of the molecule is CC(CNCc1ccccc1)(C(=O)O)C(O)c1ccc(Cl)c(Cl)c1. The fourth-order valence-corrected chi connectivity index (χ4v) is 2.71. The third kappa shape index (κ3) is 4.28. The molecule has 2 rings (SSSR count). The van der Waals surface area contributed by atoms with Crippen molar-refractivity contribution < 1.29 is 15.0 Å². The smallest absolute Gasteiger partial charge is 0.313 e. The van der Waals surface area contributed by atoms with E-state index < -0.39 is 17.5 Å². The van der Waals surface area contributed by atoms with Crippen LogP contribution in [0.2, 0.25) is 10.0 Å². The lowest BCUT2D eigenvalue weighted by Crippen LogP contribution is -2.43. The summed E-state index contributed by atoms with van der Waals surface area (Å²) in [6.07, 6.45) is -1.23. The minimum Gasteiger partial charge on any atom is -0.481 e. The zero-order valence-corrected chi connectivity index (χ0v) is 14.7. The number of hydrogen-bond acceptors (Lipinski definition) is 3. The Hall–Kier alpha value is -1.59. The molecule has 0 aliphatic heterocycles. The van der Waals surface area contributed by atoms with Gasteiger partial charge in [0, 0.05) is 13.1 Å². The van der Waals surface area contributed by atoms with Gasteiger partial charge in [-0.25, -0.2) is 0 Å². The molecule has 2 aromatic carbocycles. The molecule has 0 aromatic heterocycles. The zero-order valence-electron chi connectivity index (χ0n) is 13.2. The number of aliphatic hydroxyl groups is 1. The molecule has 2 aromatic rings. The van der Waals surface area contributed by atoms with Crippen molar-refractivity contribution in [1.29, 1.82) is 0 Å². The number of nitrogens with one attached hydrogen (secondary N) is 1. The first-order valence-corrected chi connectivity index (χ1v) is 8.21. The van der Waals surface area contributed by atoms with E-state index in [0.29, 0.717) is 17.1 Å². The molecule has 4 nitrogen and oxygen atoms in total. The molecule has 0 aliphatic carbocycles. The summed E-state index contributed by atoms with van der Waals surface area (Å²) in [6.45, 7) is 2.11. The van der Waals surface area contributed by atoms with Crippen molar-refractivity contribution in [3.05, 3.63) is 69.7 Å². The molecule has 2 atom stereocenters. The highest BCUT2D eigenvalue weighted by molar-refractivity contribution is 6.42. The van der Waals surface area contributed by atoms with Gasteiger partial charge in [-0.05, 0) is 30.2 Å². The number of carboxylic acid groups (broad SMARTS) is 1. The molecule has 0 bridgehead atoms. The molecule has 0 heterocycles. The maximum atomic E-state index is 11.8. The molecular formula is C18H19Cl2NO3. The largest absolute Gasteiger partial charge is 0.481 e. The summed E-state index contributed by atoms with van der Waals surface area (Å²) in [7, 11) is 0. The van der Waals surface area contributed by atoms with Gasteiger partial charge in [-0.2, -0.15) is 0 Å². The standard InChI is InChI=1S/C18H19Cl2NO3/c1-18(17(23)24,11-21-10-12-5-3-2-4-6-12)16(22)13-7-8-14(19)15(20)9-13/h2-9,16,21-22H,10-11H2,1H3,(H,23,24). The molecule has 0 saturated carbocycles. The Morgan fingerprint density at radius 3 is 2.42 bits per heavy atom. The summed E-state index contributed by atoms with van der Waals surface area (Å²) >= 11 is 11.8. The van der Waals surface area contributed by atoms with E-state index in [2.05, 4.69) is 5.32 Å². The molecule has 128 valence electrons. The monoisotopic (exact) mass is 367 g/mol. The summed E-state index contributed by atoms with van der Waals surface area (Å²) in [5.41, 5.74) is 0.0384. The Morgan fingerprint density at radius 1 is 1.17 bits per heavy atom. The molecule has 0 fully saturated rings. The van der Waals surface area contributed by atoms with E-state index >= 15 is 0 Å². The van der Waals surface area contributed by atoms with Crippen LogP contribution in [0.15, 0.2) is 48.5 Å². The second-order valence-corrected chi connectivity index (χ2v) is 6.70. The van der Waals surface area contributed by atoms with Gasteiger partial charge in [0.2, 0.25) is 0 Å². The Balaban J connectivity index is 2.13. The van der Waals surface area contributed by atoms with E-state index in [1.807, 2.05) is 30.3 Å². The van der Waals surface area contributed by atoms with Gasteiger partial charge in [0.15, 0.2) is 0 Å². The average Bonchev–Trinajstić information content (AvgIpc) is 2.57. The summed E-state index contributed by atoms with van der Waals surface area (Å²) in [5, 5.41) is 24.0. The van der Waals surface area contributed by atoms with Crippen LogP contribution in [0.25, 0.3) is 0 Å². The van der Waals surface area contributed by atoms with Crippen LogP contribution in [-0.2, 0) is 11.3 Å². The number of carbonyl (C=O) groups is 1. The summed E-state index contributed by atoms with van der Waals surface area (Å²) < 4.78 is 0. The molecule has 0 radical (unpaired) electrons. The van der Waals surface area contributed by atoms with Gasteiger partial charge in [0.25, 0.3) is 0 Å². The van der Waals surface area contributed by atoms with Crippen LogP contribution in [0.4, 0.5) is 0 Å². The lowest BCUT2D eigenvalue weighted by molar-refractivity contribution is -0.155. The van der Waals surface area contributed by atoms with Gasteiger partial charge < -0.3 is 15.5 Å². The van der Waals surface area contributed by atoms with Gasteiger partial charge in [-0.15, -0.1) is 0 Å². The first-order valence-electron chi connectivity index (χ1n) is 7.45. The maximum absolute atomic E-state index is 11.8. The van der Waals surface area contributed by atoms with Crippen molar-refractivity contribution in [1.82, 2.24) is 5.32 Å². The number of halogens is 2. The highest BCUT2D eigenvalue weighted by Gasteiger charge is 2.41. The molecule has 0 aliphatic rings. The molecule has 0 spiro atoms. The van der Waals surface area contributed by atoms with Crippen molar-refractivity contribution in [2.24, 2.45) is 5.41 Å². The van der Waals surface area contributed by atoms with Crippen molar-refractivity contribution in [3.8, 4) is 0 Å². The summed E-state index contributed by atoms with van der Waals surface area (Å²) in [4.78, 5) is 11.8. The quantitative estimate of drug-likeness (QED) is 0.693. The summed E-state index contributed by atoms with van der Waals surface area (Å²) in [5.74, 6) is -1.10. The second-order valence-electron chi connectivity index (χ2n) is 5.89. The van der Waals surface area contributed by atoms with Crippen molar-refractivity contribution >= 4 is 29.2 Å². The number of benzene rings is 2. The van der Waals surface area contributed by atoms with Crippen LogP contribution in [0, 0.1) is 5.41 Å². The number of carboxylic acids is 1. The van der Waals surface area contributed by atoms with Crippen molar-refractivity contribution in [2.45, 2.75) is 19.6 Å². The lowest BCUT2D eigenvalue weighted by Gasteiger charge is -2.31. The normalized spacial score (nSPS) is 14.8. The Labute approximate surface area is 151 Å². The number of aliphatic hydroxyl groups excluding tert-OH is 1. The third-order valence-electron chi connectivity index (χ3n) is 4.02. The average molecular weight is 368 g/mol. The predicted molar refractivity (Wildman–Crippen MR) is 95.3 cm³/mol. The maximum Gasteiger partial charge on any atom is 0.313 e. The lowest BCUT2D eigenvalue weighted by atomic mass is 9.80. The number of aliphatic carboxylic acids is 1. The Kier molecular flexibility index (Phi) is 6.24. The van der Waals surface area contributed by atoms with Crippen molar-refractivity contribution in [2.75, 3.05) is 6.54 Å². The fraction of sp³-hybridized carbons (Fsp3) is 0.278. The first kappa shape index (κ1) is 18.7. The second kappa shape index (κ2) is 7.99. The molecule has 6 heteroatoms. The Bertz CT molecular complexity index is 709. The van der Waals surface area contributed by atoms with E-state index in [1.165, 1.54) is 13.0 Å². The molecule has 0 amide bonds. The van der Waals surface area contributed by atoms with Crippen LogP contribution in [0.3, 0.4) is 0 Å². The highest BCUT2D eigenvalue weighted by atomic mass is 35.5. The van der Waals surface area contributed by atoms with E-state index in [9.17, 15) is 15.0 Å². The van der Waals surface area contributed by atoms with E-state index in [4.69, 9.17) is 23.2 Å². The first-order chi connectivity index (χ1) is 11.3. The molecular weight excluding hydrogens is 349 g/mol. The van der Waals surface area contributed by atoms with Gasteiger partial charge in [-0.3, -0.25) is 4.79 Å². The Morgan fingerprint density at radius 2 is 1.83 bits per heavy atom. The molecule has 24 heavy (non-hydrogen) atoms. The number of rotatable bonds is 7. The van der Waals surface area contributed by atoms with Gasteiger partial charge in [-0.1, -0.05) is 59.6 Å². The van der Waals surface area contributed by atoms with Gasteiger partial charge >= 0.3 is 5.97 Å². The third-order valence-corrected chi connectivity index (χ3v) is 4.75. The van der Waals surface area contributed by atoms with Crippen LogP contribution < -0.4 is 5.32 Å². The van der Waals surface area contributed by atoms with Crippen LogP contribution in [-0.4, -0.2) is 22.7 Å². The summed E-state index contributed by atoms with van der Waals surface area (Å²) in [6, 6.07) is 14.3. The van der Waals surface area contributed by atoms with E-state index in [0.717, 1.165) is 5.56 Å². The number of hydrogen-bond donors (Lipinski definition) is 3. The fourth-order valence-electron chi connectivity index (χ4n) is 2.40. The van der Waals surface area contributed by atoms with Crippen LogP contribution in [0.5, 0.6) is 0 Å². The van der Waals surface area contributed by atoms with E-state index in [-0.39, 0.29) is 11.6 Å². The zero-order chi connectivity index (χ0) is 17.7. The topological polar surface area (TPSA) is 69.6 Å². The highest BCUT2D eigenvalue weighted by Crippen LogP contribution is 2.36.